The number of aliphatic carboxylic acids is 1. The van der Waals surface area contributed by atoms with Gasteiger partial charge in [0.05, 0.1) is 18.3 Å². The summed E-state index contributed by atoms with van der Waals surface area (Å²) in [6.07, 6.45) is 4.63. The van der Waals surface area contributed by atoms with Gasteiger partial charge in [-0.3, -0.25) is 9.59 Å². The number of nitrogens with two attached hydrogens (primary N) is 1. The highest BCUT2D eigenvalue weighted by molar-refractivity contribution is 6.40. The van der Waals surface area contributed by atoms with Gasteiger partial charge in [0.25, 0.3) is 0 Å². The summed E-state index contributed by atoms with van der Waals surface area (Å²) in [6.45, 7) is 0.463. The molecule has 0 saturated carbocycles. The lowest BCUT2D eigenvalue weighted by molar-refractivity contribution is -0.142. The van der Waals surface area contributed by atoms with Gasteiger partial charge in [-0.25, -0.2) is 4.98 Å². The van der Waals surface area contributed by atoms with Crippen molar-refractivity contribution in [2.45, 2.75) is 31.6 Å². The van der Waals surface area contributed by atoms with Crippen LogP contribution in [0.2, 0.25) is 6.32 Å². The molecule has 132 valence electrons. The Morgan fingerprint density at radius 1 is 1.46 bits per heavy atom. The van der Waals surface area contributed by atoms with Crippen LogP contribution in [0.1, 0.15) is 18.5 Å². The number of carboxylic acids is 1. The van der Waals surface area contributed by atoms with Gasteiger partial charge in [0, 0.05) is 31.4 Å². The van der Waals surface area contributed by atoms with Crippen LogP contribution < -0.4 is 5.73 Å². The molecule has 10 heteroatoms. The number of carbonyl (C=O) groups excluding carboxylic acids is 1. The maximum atomic E-state index is 12.5. The van der Waals surface area contributed by atoms with Crippen LogP contribution in [0.15, 0.2) is 12.5 Å². The Morgan fingerprint density at radius 2 is 2.21 bits per heavy atom. The molecule has 1 amide bonds. The molecule has 0 aromatic carbocycles. The molecule has 1 aliphatic rings. The molecule has 3 atom stereocenters. The average molecular weight is 338 g/mol. The van der Waals surface area contributed by atoms with E-state index in [1.807, 2.05) is 0 Å². The van der Waals surface area contributed by atoms with Crippen molar-refractivity contribution in [1.29, 1.82) is 0 Å². The van der Waals surface area contributed by atoms with E-state index < -0.39 is 25.0 Å². The summed E-state index contributed by atoms with van der Waals surface area (Å²) in [5, 5.41) is 27.1. The highest BCUT2D eigenvalue weighted by Crippen LogP contribution is 2.29. The van der Waals surface area contributed by atoms with Gasteiger partial charge in [0.1, 0.15) is 0 Å². The number of H-pyrrole nitrogens is 1. The van der Waals surface area contributed by atoms with Gasteiger partial charge < -0.3 is 30.8 Å². The molecule has 9 nitrogen and oxygen atoms in total. The number of aromatic amines is 1. The maximum Gasteiger partial charge on any atom is 0.451 e. The Bertz CT molecular complexity index is 553. The smallest absolute Gasteiger partial charge is 0.451 e. The van der Waals surface area contributed by atoms with Gasteiger partial charge in [-0.2, -0.15) is 0 Å². The molecular weight excluding hydrogens is 315 g/mol. The van der Waals surface area contributed by atoms with Gasteiger partial charge in [-0.1, -0.05) is 6.42 Å². The lowest BCUT2D eigenvalue weighted by Crippen LogP contribution is -2.44. The second-order valence-electron chi connectivity index (χ2n) is 6.25. The molecule has 6 N–H and O–H groups in total. The third-order valence-electron chi connectivity index (χ3n) is 4.42. The normalized spacial score (nSPS) is 21.7. The number of nitrogens with zero attached hydrogens (tertiary/aromatic N) is 2. The molecule has 0 spiro atoms. The molecule has 0 bridgehead atoms. The molecule has 1 aromatic heterocycles. The number of amides is 1. The fourth-order valence-corrected chi connectivity index (χ4v) is 3.14. The van der Waals surface area contributed by atoms with E-state index in [2.05, 4.69) is 9.97 Å². The van der Waals surface area contributed by atoms with E-state index in [0.717, 1.165) is 5.69 Å². The van der Waals surface area contributed by atoms with Crippen molar-refractivity contribution in [3.63, 3.8) is 0 Å². The van der Waals surface area contributed by atoms with Crippen molar-refractivity contribution < 1.29 is 24.7 Å². The third kappa shape index (κ3) is 4.79. The van der Waals surface area contributed by atoms with Crippen LogP contribution in [0.3, 0.4) is 0 Å². The fraction of sp³-hybridized carbons (Fsp3) is 0.643. The van der Waals surface area contributed by atoms with Crippen LogP contribution in [0, 0.1) is 11.8 Å². The number of imidazole rings is 1. The number of carboxylic acid groups (broad SMARTS) is 1. The quantitative estimate of drug-likeness (QED) is 0.369. The van der Waals surface area contributed by atoms with E-state index in [4.69, 9.17) is 15.8 Å². The number of carbonyl (C=O) groups is 2. The highest BCUT2D eigenvalue weighted by Gasteiger charge is 2.40. The minimum Gasteiger partial charge on any atom is -0.481 e. The van der Waals surface area contributed by atoms with Crippen molar-refractivity contribution in [2.75, 3.05) is 13.1 Å². The summed E-state index contributed by atoms with van der Waals surface area (Å²) in [5.41, 5.74) is 6.69. The minimum absolute atomic E-state index is 0.136. The van der Waals surface area contributed by atoms with Crippen molar-refractivity contribution in [3.8, 4) is 0 Å². The second-order valence-corrected chi connectivity index (χ2v) is 6.25. The Labute approximate surface area is 140 Å². The van der Waals surface area contributed by atoms with Crippen molar-refractivity contribution in [3.05, 3.63) is 18.2 Å². The first-order valence-corrected chi connectivity index (χ1v) is 7.99. The molecule has 24 heavy (non-hydrogen) atoms. The summed E-state index contributed by atoms with van der Waals surface area (Å²) in [6, 6.07) is -0.752. The monoisotopic (exact) mass is 338 g/mol. The van der Waals surface area contributed by atoms with E-state index >= 15 is 0 Å². The van der Waals surface area contributed by atoms with Crippen LogP contribution in [0.5, 0.6) is 0 Å². The van der Waals surface area contributed by atoms with Crippen molar-refractivity contribution in [1.82, 2.24) is 14.9 Å². The standard InChI is InChI=1S/C14H23BN4O5/c16-12(4-10-5-17-8-18-10)13(20)19-6-9(2-1-3-15(23)24)11(7-19)14(21)22/h5,8-9,11-12,23-24H,1-4,6-7,16H2,(H,17,18)(H,21,22)/t9-,11+,12?/m0/s1. The summed E-state index contributed by atoms with van der Waals surface area (Å²) < 4.78 is 0. The second kappa shape index (κ2) is 8.27. The van der Waals surface area contributed by atoms with Crippen LogP contribution in [0.25, 0.3) is 0 Å². The summed E-state index contributed by atoms with van der Waals surface area (Å²) in [7, 11) is -1.39. The van der Waals surface area contributed by atoms with E-state index in [1.165, 1.54) is 11.2 Å². The van der Waals surface area contributed by atoms with Gasteiger partial charge in [0.2, 0.25) is 5.91 Å². The van der Waals surface area contributed by atoms with Gasteiger partial charge in [-0.05, 0) is 18.7 Å². The number of hydrogen-bond donors (Lipinski definition) is 5. The van der Waals surface area contributed by atoms with E-state index in [0.29, 0.717) is 25.8 Å². The Hall–Kier alpha value is -1.91. The van der Waals surface area contributed by atoms with Gasteiger partial charge >= 0.3 is 13.1 Å². The highest BCUT2D eigenvalue weighted by atomic mass is 16.4. The molecule has 1 aromatic rings. The average Bonchev–Trinajstić information content (AvgIpc) is 3.15. The topological polar surface area (TPSA) is 153 Å². The fourth-order valence-electron chi connectivity index (χ4n) is 3.14. The molecule has 0 aliphatic carbocycles. The molecule has 1 fully saturated rings. The van der Waals surface area contributed by atoms with Crippen LogP contribution >= 0.6 is 0 Å². The maximum absolute atomic E-state index is 12.5. The third-order valence-corrected chi connectivity index (χ3v) is 4.42. The summed E-state index contributed by atoms with van der Waals surface area (Å²) in [5.74, 6) is -2.07. The van der Waals surface area contributed by atoms with E-state index in [9.17, 15) is 14.7 Å². The summed E-state index contributed by atoms with van der Waals surface area (Å²) in [4.78, 5) is 32.1. The van der Waals surface area contributed by atoms with Gasteiger partial charge in [0.15, 0.2) is 0 Å². The van der Waals surface area contributed by atoms with E-state index in [1.54, 1.807) is 6.20 Å². The van der Waals surface area contributed by atoms with Crippen molar-refractivity contribution in [2.24, 2.45) is 17.6 Å². The molecule has 1 aliphatic heterocycles. The zero-order chi connectivity index (χ0) is 17.7. The number of likely N-dealkylation sites (tertiary alicyclic amines) is 1. The minimum atomic E-state index is -1.39. The Kier molecular flexibility index (Phi) is 6.35. The lowest BCUT2D eigenvalue weighted by Gasteiger charge is -2.20. The van der Waals surface area contributed by atoms with Gasteiger partial charge in [-0.15, -0.1) is 0 Å². The predicted molar refractivity (Wildman–Crippen MR) is 85.7 cm³/mol. The molecule has 1 saturated heterocycles. The molecule has 2 heterocycles. The first-order chi connectivity index (χ1) is 11.4. The first kappa shape index (κ1) is 18.4. The number of hydrogen-bond acceptors (Lipinski definition) is 6. The molecule has 0 radical (unpaired) electrons. The molecule has 2 rings (SSSR count). The number of nitrogens with one attached hydrogen (secondary N) is 1. The zero-order valence-corrected chi connectivity index (χ0v) is 13.3. The summed E-state index contributed by atoms with van der Waals surface area (Å²) >= 11 is 0. The Morgan fingerprint density at radius 3 is 2.79 bits per heavy atom. The Balaban J connectivity index is 1.92. The molecular formula is C14H23BN4O5. The van der Waals surface area contributed by atoms with E-state index in [-0.39, 0.29) is 24.7 Å². The van der Waals surface area contributed by atoms with Crippen LogP contribution in [-0.2, 0) is 16.0 Å². The first-order valence-electron chi connectivity index (χ1n) is 7.99. The lowest BCUT2D eigenvalue weighted by atomic mass is 9.80. The zero-order valence-electron chi connectivity index (χ0n) is 13.3. The van der Waals surface area contributed by atoms with Crippen LogP contribution in [0.4, 0.5) is 0 Å². The SMILES string of the molecule is NC(Cc1cnc[nH]1)C(=O)N1C[C@H](CCCB(O)O)[C@H](C(=O)O)C1. The number of aromatic nitrogens is 2. The number of rotatable bonds is 8. The van der Waals surface area contributed by atoms with Crippen molar-refractivity contribution >= 4 is 19.0 Å². The van der Waals surface area contributed by atoms with Crippen LogP contribution in [-0.4, -0.2) is 68.1 Å². The molecule has 1 unspecified atom stereocenters. The largest absolute Gasteiger partial charge is 0.481 e. The predicted octanol–water partition coefficient (Wildman–Crippen LogP) is -1.31.